The highest BCUT2D eigenvalue weighted by molar-refractivity contribution is 5.76. The number of nitrogens with zero attached hydrogens (tertiary/aromatic N) is 1. The van der Waals surface area contributed by atoms with Crippen LogP contribution in [0, 0.1) is 6.92 Å². The quantitative estimate of drug-likeness (QED) is 0.616. The normalized spacial score (nSPS) is 10.1. The van der Waals surface area contributed by atoms with E-state index < -0.39 is 0 Å². The summed E-state index contributed by atoms with van der Waals surface area (Å²) in [6.07, 6.45) is 0.398. The Morgan fingerprint density at radius 3 is 2.89 bits per heavy atom. The molecule has 18 heavy (non-hydrogen) atoms. The van der Waals surface area contributed by atoms with Crippen LogP contribution in [-0.4, -0.2) is 37.7 Å². The average Bonchev–Trinajstić information content (AvgIpc) is 2.34. The number of nitrogens with one attached hydrogen (secondary N) is 2. The molecule has 1 heterocycles. The molecule has 0 aliphatic carbocycles. The third-order valence-corrected chi connectivity index (χ3v) is 2.41. The molecule has 0 aliphatic rings. The number of carbonyl (C=O) groups is 1. The number of ether oxygens (including phenoxy) is 1. The van der Waals surface area contributed by atoms with Gasteiger partial charge in [-0.05, 0) is 19.1 Å². The molecule has 6 nitrogen and oxygen atoms in total. The zero-order chi connectivity index (χ0) is 13.4. The molecule has 0 saturated heterocycles. The SMILES string of the molecule is COCCNC(=O)CCNc1ccc(N)c(C)n1. The van der Waals surface area contributed by atoms with E-state index in [1.54, 1.807) is 19.2 Å². The first-order chi connectivity index (χ1) is 8.63. The van der Waals surface area contributed by atoms with E-state index in [9.17, 15) is 4.79 Å². The molecule has 0 aliphatic heterocycles. The number of anilines is 2. The number of carbonyl (C=O) groups excluding carboxylic acids is 1. The van der Waals surface area contributed by atoms with Crippen molar-refractivity contribution in [1.29, 1.82) is 0 Å². The minimum atomic E-state index is -0.00767. The summed E-state index contributed by atoms with van der Waals surface area (Å²) in [7, 11) is 1.60. The third kappa shape index (κ3) is 5.01. The van der Waals surface area contributed by atoms with Crippen molar-refractivity contribution in [3.05, 3.63) is 17.8 Å². The smallest absolute Gasteiger partial charge is 0.221 e. The van der Waals surface area contributed by atoms with Gasteiger partial charge in [-0.2, -0.15) is 0 Å². The fourth-order valence-corrected chi connectivity index (χ4v) is 1.36. The van der Waals surface area contributed by atoms with Crippen LogP contribution in [0.25, 0.3) is 0 Å². The molecule has 1 amide bonds. The predicted octanol–water partition coefficient (Wildman–Crippen LogP) is 0.537. The van der Waals surface area contributed by atoms with Crippen molar-refractivity contribution in [2.45, 2.75) is 13.3 Å². The Labute approximate surface area is 107 Å². The topological polar surface area (TPSA) is 89.3 Å². The zero-order valence-corrected chi connectivity index (χ0v) is 10.8. The molecule has 4 N–H and O–H groups in total. The van der Waals surface area contributed by atoms with E-state index in [0.717, 1.165) is 11.5 Å². The summed E-state index contributed by atoms with van der Waals surface area (Å²) in [6.45, 7) is 3.44. The van der Waals surface area contributed by atoms with Gasteiger partial charge < -0.3 is 21.1 Å². The van der Waals surface area contributed by atoms with Gasteiger partial charge >= 0.3 is 0 Å². The highest BCUT2D eigenvalue weighted by atomic mass is 16.5. The first kappa shape index (κ1) is 14.2. The molecule has 0 radical (unpaired) electrons. The van der Waals surface area contributed by atoms with Crippen LogP contribution in [0.5, 0.6) is 0 Å². The number of pyridine rings is 1. The molecule has 0 saturated carbocycles. The van der Waals surface area contributed by atoms with Crippen LogP contribution in [-0.2, 0) is 9.53 Å². The van der Waals surface area contributed by atoms with Gasteiger partial charge in [-0.25, -0.2) is 4.98 Å². The number of rotatable bonds is 7. The Bertz CT molecular complexity index is 396. The molecule has 100 valence electrons. The van der Waals surface area contributed by atoms with Gasteiger partial charge in [-0.3, -0.25) is 4.79 Å². The van der Waals surface area contributed by atoms with Gasteiger partial charge in [-0.15, -0.1) is 0 Å². The second-order valence-corrected chi connectivity index (χ2v) is 3.89. The van der Waals surface area contributed by atoms with Crippen molar-refractivity contribution in [1.82, 2.24) is 10.3 Å². The Morgan fingerprint density at radius 2 is 2.22 bits per heavy atom. The monoisotopic (exact) mass is 252 g/mol. The number of aromatic nitrogens is 1. The molecular formula is C12H20N4O2. The van der Waals surface area contributed by atoms with Crippen molar-refractivity contribution in [3.63, 3.8) is 0 Å². The summed E-state index contributed by atoms with van der Waals surface area (Å²) >= 11 is 0. The molecule has 6 heteroatoms. The van der Waals surface area contributed by atoms with E-state index in [2.05, 4.69) is 15.6 Å². The molecule has 1 rings (SSSR count). The maximum Gasteiger partial charge on any atom is 0.221 e. The predicted molar refractivity (Wildman–Crippen MR) is 71.4 cm³/mol. The Hall–Kier alpha value is -1.82. The van der Waals surface area contributed by atoms with Gasteiger partial charge in [0.15, 0.2) is 0 Å². The lowest BCUT2D eigenvalue weighted by atomic mass is 10.3. The second kappa shape index (κ2) is 7.50. The number of hydrogen-bond acceptors (Lipinski definition) is 5. The summed E-state index contributed by atoms with van der Waals surface area (Å²) in [6, 6.07) is 3.59. The van der Waals surface area contributed by atoms with E-state index in [-0.39, 0.29) is 5.91 Å². The van der Waals surface area contributed by atoms with Crippen LogP contribution in [0.1, 0.15) is 12.1 Å². The molecular weight excluding hydrogens is 232 g/mol. The highest BCUT2D eigenvalue weighted by Crippen LogP contribution is 2.11. The molecule has 0 aromatic carbocycles. The van der Waals surface area contributed by atoms with Crippen molar-refractivity contribution in [2.75, 3.05) is 37.9 Å². The van der Waals surface area contributed by atoms with Gasteiger partial charge in [0.25, 0.3) is 0 Å². The highest BCUT2D eigenvalue weighted by Gasteiger charge is 2.01. The molecule has 0 bridgehead atoms. The maximum atomic E-state index is 11.4. The van der Waals surface area contributed by atoms with Crippen LogP contribution in [0.3, 0.4) is 0 Å². The van der Waals surface area contributed by atoms with Crippen LogP contribution in [0.4, 0.5) is 11.5 Å². The minimum absolute atomic E-state index is 0.00767. The average molecular weight is 252 g/mol. The van der Waals surface area contributed by atoms with Crippen LogP contribution in [0.2, 0.25) is 0 Å². The molecule has 0 spiro atoms. The number of nitrogens with two attached hydrogens (primary N) is 1. The van der Waals surface area contributed by atoms with Gasteiger partial charge in [-0.1, -0.05) is 0 Å². The third-order valence-electron chi connectivity index (χ3n) is 2.41. The van der Waals surface area contributed by atoms with E-state index in [1.807, 2.05) is 6.92 Å². The number of aryl methyl sites for hydroxylation is 1. The van der Waals surface area contributed by atoms with Crippen molar-refractivity contribution in [3.8, 4) is 0 Å². The Kier molecular flexibility index (Phi) is 5.93. The Morgan fingerprint density at radius 1 is 1.44 bits per heavy atom. The molecule has 0 fully saturated rings. The lowest BCUT2D eigenvalue weighted by Crippen LogP contribution is -2.28. The minimum Gasteiger partial charge on any atom is -0.397 e. The van der Waals surface area contributed by atoms with Crippen molar-refractivity contribution in [2.24, 2.45) is 0 Å². The number of nitrogen functional groups attached to an aromatic ring is 1. The van der Waals surface area contributed by atoms with Crippen LogP contribution >= 0.6 is 0 Å². The van der Waals surface area contributed by atoms with Crippen LogP contribution in [0.15, 0.2) is 12.1 Å². The van der Waals surface area contributed by atoms with E-state index in [0.29, 0.717) is 31.8 Å². The number of methoxy groups -OCH3 is 1. The lowest BCUT2D eigenvalue weighted by Gasteiger charge is -2.08. The first-order valence-electron chi connectivity index (χ1n) is 5.86. The van der Waals surface area contributed by atoms with Crippen molar-refractivity contribution < 1.29 is 9.53 Å². The Balaban J connectivity index is 2.24. The summed E-state index contributed by atoms with van der Waals surface area (Å²) in [5.41, 5.74) is 7.11. The standard InChI is InChI=1S/C12H20N4O2/c1-9-10(13)3-4-11(16-9)14-6-5-12(17)15-7-8-18-2/h3-4H,5-8,13H2,1-2H3,(H,14,16)(H,15,17). The second-order valence-electron chi connectivity index (χ2n) is 3.89. The van der Waals surface area contributed by atoms with Gasteiger partial charge in [0.1, 0.15) is 5.82 Å². The number of amides is 1. The summed E-state index contributed by atoms with van der Waals surface area (Å²) in [4.78, 5) is 15.6. The maximum absolute atomic E-state index is 11.4. The molecule has 1 aromatic rings. The number of hydrogen-bond donors (Lipinski definition) is 3. The van der Waals surface area contributed by atoms with E-state index >= 15 is 0 Å². The first-order valence-corrected chi connectivity index (χ1v) is 5.86. The largest absolute Gasteiger partial charge is 0.397 e. The zero-order valence-electron chi connectivity index (χ0n) is 10.8. The fourth-order valence-electron chi connectivity index (χ4n) is 1.36. The van der Waals surface area contributed by atoms with Gasteiger partial charge in [0.05, 0.1) is 18.0 Å². The van der Waals surface area contributed by atoms with Gasteiger partial charge in [0.2, 0.25) is 5.91 Å². The fraction of sp³-hybridized carbons (Fsp3) is 0.500. The van der Waals surface area contributed by atoms with Crippen molar-refractivity contribution >= 4 is 17.4 Å². The van der Waals surface area contributed by atoms with E-state index in [1.165, 1.54) is 0 Å². The molecule has 0 atom stereocenters. The lowest BCUT2D eigenvalue weighted by molar-refractivity contribution is -0.121. The molecule has 0 unspecified atom stereocenters. The van der Waals surface area contributed by atoms with Crippen LogP contribution < -0.4 is 16.4 Å². The van der Waals surface area contributed by atoms with E-state index in [4.69, 9.17) is 10.5 Å². The summed E-state index contributed by atoms with van der Waals surface area (Å²) < 4.78 is 4.84. The molecule has 1 aromatic heterocycles. The summed E-state index contributed by atoms with van der Waals surface area (Å²) in [5, 5.41) is 5.82. The van der Waals surface area contributed by atoms with Gasteiger partial charge in [0, 0.05) is 26.6 Å². The summed E-state index contributed by atoms with van der Waals surface area (Å²) in [5.74, 6) is 0.720.